The Labute approximate surface area is 422 Å². The smallest absolute Gasteiger partial charge is 0.407 e. The third-order valence-corrected chi connectivity index (χ3v) is 13.9. The summed E-state index contributed by atoms with van der Waals surface area (Å²) in [5.74, 6) is -5.37. The molecule has 2 amide bonds. The summed E-state index contributed by atoms with van der Waals surface area (Å²) in [4.78, 5) is 63.6. The molecular weight excluding hydrogens is 933 g/mol. The van der Waals surface area contributed by atoms with Crippen molar-refractivity contribution < 1.29 is 87.4 Å². The number of aliphatic hydroxyl groups is 3. The predicted octanol–water partition coefficient (Wildman–Crippen LogP) is 3.00. The van der Waals surface area contributed by atoms with Gasteiger partial charge in [-0.25, -0.2) is 4.79 Å². The third-order valence-electron chi connectivity index (χ3n) is 13.9. The van der Waals surface area contributed by atoms with E-state index in [0.717, 1.165) is 39.9 Å². The number of methoxy groups -OCH3 is 2. The fourth-order valence-corrected chi connectivity index (χ4v) is 9.60. The van der Waals surface area contributed by atoms with Gasteiger partial charge in [0.05, 0.1) is 42.5 Å². The Morgan fingerprint density at radius 2 is 1.42 bits per heavy atom. The number of rotatable bonds is 15. The second-order valence-corrected chi connectivity index (χ2v) is 19.9. The fraction of sp³-hybridized carbons (Fsp3) is 0.898. The molecule has 22 nitrogen and oxygen atoms in total. The van der Waals surface area contributed by atoms with Gasteiger partial charge < -0.3 is 83.9 Å². The number of nitrogens with zero attached hydrogens (tertiary/aromatic N) is 2. The minimum absolute atomic E-state index is 0.0777. The minimum atomic E-state index is -1.97. The molecule has 71 heavy (non-hydrogen) atoms. The van der Waals surface area contributed by atoms with Crippen molar-refractivity contribution in [1.29, 1.82) is 0 Å². The summed E-state index contributed by atoms with van der Waals surface area (Å²) in [5, 5.41) is 55.3. The number of esters is 1. The number of carbonyl (C=O) groups is 5. The number of carboxylic acids is 2. The van der Waals surface area contributed by atoms with E-state index in [1.165, 1.54) is 21.1 Å². The van der Waals surface area contributed by atoms with Gasteiger partial charge >= 0.3 is 12.1 Å². The Balaban J connectivity index is 0.00000292. The van der Waals surface area contributed by atoms with Crippen LogP contribution in [0.4, 0.5) is 4.79 Å². The van der Waals surface area contributed by atoms with Crippen molar-refractivity contribution in [3.8, 4) is 0 Å². The normalized spacial score (nSPS) is 37.4. The van der Waals surface area contributed by atoms with Crippen LogP contribution in [0.15, 0.2) is 0 Å². The Hall–Kier alpha value is -3.29. The fourth-order valence-electron chi connectivity index (χ4n) is 9.60. The SMILES string of the molecule is CC(=O)O.CC(=O)O.CC[C@H]1OC(=O)[C@H](C)[C@@H](O[C@H]2C[C@@](C)(OC)[C@@H](OC(=O)NCCCN(CC)CC)[C@H](C)O2)[C@H](C)[C@@H](O[C@@H]2OCC[C@H](N(C)C)[C@H]2O)[C@](C)(OC)C[C@@H](C)C(=O)N[C@H](C)[C@@H](O)[C@]1(C)O. The summed E-state index contributed by atoms with van der Waals surface area (Å²) in [6.07, 6.45) is -8.57. The third kappa shape index (κ3) is 19.5. The summed E-state index contributed by atoms with van der Waals surface area (Å²) in [5.41, 5.74) is -4.36. The molecule has 22 heteroatoms. The van der Waals surface area contributed by atoms with Gasteiger partial charge in [0.15, 0.2) is 18.7 Å². The predicted molar refractivity (Wildman–Crippen MR) is 261 cm³/mol. The van der Waals surface area contributed by atoms with Crippen LogP contribution in [0, 0.1) is 17.8 Å². The summed E-state index contributed by atoms with van der Waals surface area (Å²) in [6, 6.07) is -1.23. The average molecular weight is 1030 g/mol. The van der Waals surface area contributed by atoms with Crippen LogP contribution in [-0.2, 0) is 57.1 Å². The number of cyclic esters (lactones) is 1. The number of ether oxygens (including phenoxy) is 8. The van der Waals surface area contributed by atoms with Gasteiger partial charge in [0.2, 0.25) is 5.91 Å². The van der Waals surface area contributed by atoms with Gasteiger partial charge in [0.25, 0.3) is 11.9 Å². The van der Waals surface area contributed by atoms with Crippen LogP contribution >= 0.6 is 0 Å². The summed E-state index contributed by atoms with van der Waals surface area (Å²) < 4.78 is 50.6. The van der Waals surface area contributed by atoms with Crippen LogP contribution < -0.4 is 10.6 Å². The molecule has 0 bridgehead atoms. The van der Waals surface area contributed by atoms with E-state index in [4.69, 9.17) is 57.7 Å². The number of carbonyl (C=O) groups excluding carboxylic acids is 3. The van der Waals surface area contributed by atoms with Gasteiger partial charge in [-0.2, -0.15) is 0 Å². The zero-order valence-corrected chi connectivity index (χ0v) is 45.6. The van der Waals surface area contributed by atoms with E-state index in [2.05, 4.69) is 29.4 Å². The van der Waals surface area contributed by atoms with E-state index in [0.29, 0.717) is 19.6 Å². The highest BCUT2D eigenvalue weighted by Crippen LogP contribution is 2.41. The zero-order valence-electron chi connectivity index (χ0n) is 45.6. The highest BCUT2D eigenvalue weighted by Gasteiger charge is 2.54. The van der Waals surface area contributed by atoms with Gasteiger partial charge in [0, 0.05) is 58.9 Å². The number of likely N-dealkylation sites (N-methyl/N-ethyl adjacent to an activating group) is 1. The lowest BCUT2D eigenvalue weighted by atomic mass is 9.77. The van der Waals surface area contributed by atoms with E-state index < -0.39 is 126 Å². The van der Waals surface area contributed by atoms with Crippen LogP contribution in [0.3, 0.4) is 0 Å². The topological polar surface area (TPSA) is 291 Å². The van der Waals surface area contributed by atoms with Gasteiger partial charge in [-0.1, -0.05) is 34.6 Å². The largest absolute Gasteiger partial charge is 0.481 e. The first-order valence-electron chi connectivity index (χ1n) is 24.9. The summed E-state index contributed by atoms with van der Waals surface area (Å²) >= 11 is 0. The first-order valence-corrected chi connectivity index (χ1v) is 24.9. The molecule has 0 unspecified atom stereocenters. The first kappa shape index (κ1) is 65.7. The van der Waals surface area contributed by atoms with Gasteiger partial charge in [0.1, 0.15) is 29.5 Å². The zero-order chi connectivity index (χ0) is 54.8. The average Bonchev–Trinajstić information content (AvgIpc) is 3.29. The van der Waals surface area contributed by atoms with Gasteiger partial charge in [-0.3, -0.25) is 19.2 Å². The quantitative estimate of drug-likeness (QED) is 0.0917. The van der Waals surface area contributed by atoms with E-state index in [1.807, 2.05) is 32.8 Å². The summed E-state index contributed by atoms with van der Waals surface area (Å²) in [7, 11) is 6.76. The standard InChI is InChI=1S/C45H84N4O14.2C2H4O2/c1-16-32-45(11,55)36(51)29(7)47-39(52)26(4)24-43(9,56-14)37(62-41-34(50)31(48(12)13)20-23-58-41)27(5)35(28(6)40(53)60-32)61-33-25-44(10,57-15)38(30(8)59-33)63-42(54)46-21-19-22-49(17-2)18-3;2*1-2(3)4/h26-38,41,50-51,55H,16-25H2,1-15H3,(H,46,54)(H,47,52);2*1H3,(H,3,4)/t26-,27+,28-,29-,30+,31+,32-,33+,34-,35+,36-,37-,38+,41+,43-,44-,45-;;/m1../s1. The van der Waals surface area contributed by atoms with Crippen LogP contribution in [0.25, 0.3) is 0 Å². The molecule has 3 fully saturated rings. The Bertz CT molecular complexity index is 1620. The second-order valence-electron chi connectivity index (χ2n) is 19.9. The van der Waals surface area contributed by atoms with Gasteiger partial charge in [-0.15, -0.1) is 0 Å². The lowest BCUT2D eigenvalue weighted by molar-refractivity contribution is -0.313. The molecule has 0 aromatic heterocycles. The molecule has 0 radical (unpaired) electrons. The van der Waals surface area contributed by atoms with Crippen molar-refractivity contribution in [2.75, 3.05) is 61.1 Å². The minimum Gasteiger partial charge on any atom is -0.481 e. The molecule has 0 aliphatic carbocycles. The number of carboxylic acid groups (broad SMARTS) is 2. The molecule has 3 rings (SSSR count). The lowest BCUT2D eigenvalue weighted by Crippen LogP contribution is -2.61. The number of hydrogen-bond donors (Lipinski definition) is 7. The highest BCUT2D eigenvalue weighted by molar-refractivity contribution is 5.78. The molecule has 3 aliphatic rings. The van der Waals surface area contributed by atoms with Crippen molar-refractivity contribution in [3.63, 3.8) is 0 Å². The number of amides is 2. The van der Waals surface area contributed by atoms with E-state index in [9.17, 15) is 29.7 Å². The van der Waals surface area contributed by atoms with Crippen molar-refractivity contribution in [1.82, 2.24) is 20.4 Å². The maximum atomic E-state index is 14.5. The number of nitrogens with one attached hydrogen (secondary N) is 2. The van der Waals surface area contributed by atoms with E-state index >= 15 is 0 Å². The number of alkyl carbamates (subject to hydrolysis) is 1. The molecule has 0 aromatic rings. The molecule has 0 aromatic carbocycles. The second kappa shape index (κ2) is 30.2. The molecule has 0 spiro atoms. The van der Waals surface area contributed by atoms with Crippen molar-refractivity contribution in [3.05, 3.63) is 0 Å². The maximum absolute atomic E-state index is 14.5. The van der Waals surface area contributed by atoms with Crippen LogP contribution in [0.5, 0.6) is 0 Å². The molecule has 416 valence electrons. The molecule has 3 saturated heterocycles. The number of hydrogen-bond acceptors (Lipinski definition) is 18. The van der Waals surface area contributed by atoms with Gasteiger partial charge in [-0.05, 0) is 101 Å². The van der Waals surface area contributed by atoms with E-state index in [-0.39, 0.29) is 25.3 Å². The highest BCUT2D eigenvalue weighted by atomic mass is 16.7. The number of aliphatic hydroxyl groups excluding tert-OH is 2. The van der Waals surface area contributed by atoms with Crippen LogP contribution in [0.2, 0.25) is 0 Å². The lowest BCUT2D eigenvalue weighted by Gasteiger charge is -2.49. The molecule has 3 aliphatic heterocycles. The molecule has 3 heterocycles. The Morgan fingerprint density at radius 3 is 1.93 bits per heavy atom. The molecule has 7 N–H and O–H groups in total. The summed E-state index contributed by atoms with van der Waals surface area (Å²) in [6.45, 7) is 25.0. The first-order chi connectivity index (χ1) is 32.9. The van der Waals surface area contributed by atoms with Crippen LogP contribution in [0.1, 0.15) is 122 Å². The maximum Gasteiger partial charge on any atom is 0.407 e. The van der Waals surface area contributed by atoms with Crippen molar-refractivity contribution >= 4 is 29.9 Å². The Morgan fingerprint density at radius 1 is 0.873 bits per heavy atom. The van der Waals surface area contributed by atoms with E-state index in [1.54, 1.807) is 41.5 Å². The molecule has 17 atom stereocenters. The molecular formula is C49H92N4O18. The van der Waals surface area contributed by atoms with Crippen molar-refractivity contribution in [2.45, 2.75) is 206 Å². The monoisotopic (exact) mass is 1020 g/mol. The van der Waals surface area contributed by atoms with Crippen molar-refractivity contribution in [2.24, 2.45) is 17.8 Å². The molecule has 0 saturated carbocycles. The van der Waals surface area contributed by atoms with Crippen LogP contribution in [-0.4, -0.2) is 211 Å². The number of aliphatic carboxylic acids is 2. The Kier molecular flexibility index (Phi) is 27.9.